The molecule has 0 spiro atoms. The lowest BCUT2D eigenvalue weighted by atomic mass is 9.96. The van der Waals surface area contributed by atoms with Crippen molar-refractivity contribution in [3.63, 3.8) is 0 Å². The Morgan fingerprint density at radius 1 is 1.47 bits per heavy atom. The van der Waals surface area contributed by atoms with E-state index in [1.165, 1.54) is 32.4 Å². The molecule has 0 bridgehead atoms. The smallest absolute Gasteiger partial charge is 0.141 e. The number of aromatic nitrogens is 1. The molecule has 1 atom stereocenters. The van der Waals surface area contributed by atoms with E-state index in [-0.39, 0.29) is 0 Å². The zero-order valence-corrected chi connectivity index (χ0v) is 12.6. The molecule has 1 fully saturated rings. The molecule has 2 heterocycles. The van der Waals surface area contributed by atoms with Gasteiger partial charge in [-0.1, -0.05) is 18.5 Å². The molecule has 3 nitrogen and oxygen atoms in total. The van der Waals surface area contributed by atoms with Gasteiger partial charge in [0.15, 0.2) is 0 Å². The molecule has 1 saturated heterocycles. The summed E-state index contributed by atoms with van der Waals surface area (Å²) in [7, 11) is 0. The Morgan fingerprint density at radius 3 is 2.84 bits per heavy atom. The van der Waals surface area contributed by atoms with Crippen LogP contribution in [0, 0.1) is 5.92 Å². The fourth-order valence-electron chi connectivity index (χ4n) is 2.51. The largest absolute Gasteiger partial charge is 0.492 e. The van der Waals surface area contributed by atoms with Gasteiger partial charge in [0, 0.05) is 24.5 Å². The molecule has 1 aromatic heterocycles. The zero-order valence-electron chi connectivity index (χ0n) is 11.8. The number of likely N-dealkylation sites (tertiary alicyclic amines) is 1. The molecule has 0 saturated carbocycles. The summed E-state index contributed by atoms with van der Waals surface area (Å²) in [6, 6.07) is 2.54. The minimum Gasteiger partial charge on any atom is -0.492 e. The Balaban J connectivity index is 1.76. The summed E-state index contributed by atoms with van der Waals surface area (Å²) in [5, 5.41) is 0.597. The number of piperidine rings is 1. The third-order valence-electron chi connectivity index (χ3n) is 4.07. The highest BCUT2D eigenvalue weighted by Crippen LogP contribution is 2.25. The van der Waals surface area contributed by atoms with Crippen molar-refractivity contribution in [1.82, 2.24) is 9.88 Å². The maximum atomic E-state index is 6.03. The third-order valence-corrected chi connectivity index (χ3v) is 4.36. The highest BCUT2D eigenvalue weighted by molar-refractivity contribution is 6.31. The van der Waals surface area contributed by atoms with E-state index < -0.39 is 0 Å². The summed E-state index contributed by atoms with van der Waals surface area (Å²) in [6.45, 7) is 7.71. The molecule has 1 aliphatic rings. The molecular formula is C15H23ClN2O. The number of halogens is 1. The lowest BCUT2D eigenvalue weighted by Gasteiger charge is -2.35. The minimum absolute atomic E-state index is 0.597. The number of hydrogen-bond donors (Lipinski definition) is 0. The first-order chi connectivity index (χ1) is 9.20. The monoisotopic (exact) mass is 282 g/mol. The van der Waals surface area contributed by atoms with Crippen molar-refractivity contribution in [2.45, 2.75) is 39.2 Å². The zero-order chi connectivity index (χ0) is 13.7. The lowest BCUT2D eigenvalue weighted by Crippen LogP contribution is -2.40. The van der Waals surface area contributed by atoms with E-state index in [0.717, 1.165) is 12.4 Å². The minimum atomic E-state index is 0.597. The average Bonchev–Trinajstić information content (AvgIpc) is 2.46. The second-order valence-electron chi connectivity index (χ2n) is 5.35. The fraction of sp³-hybridized carbons (Fsp3) is 0.667. The number of pyridine rings is 1. The molecular weight excluding hydrogens is 260 g/mol. The van der Waals surface area contributed by atoms with E-state index in [1.54, 1.807) is 12.4 Å². The van der Waals surface area contributed by atoms with Crippen LogP contribution in [0.15, 0.2) is 18.5 Å². The van der Waals surface area contributed by atoms with E-state index in [2.05, 4.69) is 23.7 Å². The van der Waals surface area contributed by atoms with Crippen molar-refractivity contribution in [3.05, 3.63) is 23.5 Å². The molecule has 1 unspecified atom stereocenters. The number of rotatable bonds is 5. The molecule has 1 aliphatic heterocycles. The number of hydrogen-bond acceptors (Lipinski definition) is 3. The molecule has 106 valence electrons. The van der Waals surface area contributed by atoms with Gasteiger partial charge in [0.2, 0.25) is 0 Å². The molecule has 19 heavy (non-hydrogen) atoms. The second kappa shape index (κ2) is 7.11. The Labute approximate surface area is 120 Å². The van der Waals surface area contributed by atoms with Crippen molar-refractivity contribution in [3.8, 4) is 5.75 Å². The molecule has 0 radical (unpaired) electrons. The van der Waals surface area contributed by atoms with Crippen LogP contribution in [-0.4, -0.2) is 35.6 Å². The van der Waals surface area contributed by atoms with Gasteiger partial charge in [0.25, 0.3) is 0 Å². The topological polar surface area (TPSA) is 25.4 Å². The normalized spacial score (nSPS) is 19.3. The predicted molar refractivity (Wildman–Crippen MR) is 78.8 cm³/mol. The van der Waals surface area contributed by atoms with Gasteiger partial charge in [-0.3, -0.25) is 4.98 Å². The van der Waals surface area contributed by atoms with Crippen molar-refractivity contribution in [2.24, 2.45) is 5.92 Å². The standard InChI is InChI=1S/C15H23ClN2O/c1-3-12(2)18-8-5-13(6-9-18)11-19-15-4-7-17-10-14(15)16/h4,7,10,12-13H,3,5-6,8-9,11H2,1-2H3. The van der Waals surface area contributed by atoms with Crippen LogP contribution in [0.25, 0.3) is 0 Å². The lowest BCUT2D eigenvalue weighted by molar-refractivity contribution is 0.111. The van der Waals surface area contributed by atoms with Crippen molar-refractivity contribution >= 4 is 11.6 Å². The quantitative estimate of drug-likeness (QED) is 0.825. The Bertz CT molecular complexity index is 391. The first-order valence-electron chi connectivity index (χ1n) is 7.17. The molecule has 1 aromatic rings. The van der Waals surface area contributed by atoms with Gasteiger partial charge >= 0.3 is 0 Å². The third kappa shape index (κ3) is 4.08. The van der Waals surface area contributed by atoms with E-state index in [0.29, 0.717) is 17.0 Å². The highest BCUT2D eigenvalue weighted by atomic mass is 35.5. The fourth-order valence-corrected chi connectivity index (χ4v) is 2.68. The molecule has 0 aliphatic carbocycles. The summed E-state index contributed by atoms with van der Waals surface area (Å²) in [4.78, 5) is 6.54. The molecule has 4 heteroatoms. The molecule has 0 amide bonds. The van der Waals surface area contributed by atoms with E-state index in [4.69, 9.17) is 16.3 Å². The first-order valence-corrected chi connectivity index (χ1v) is 7.54. The molecule has 0 N–H and O–H groups in total. The summed E-state index contributed by atoms with van der Waals surface area (Å²) in [6.07, 6.45) is 7.00. The maximum absolute atomic E-state index is 6.03. The van der Waals surface area contributed by atoms with E-state index in [1.807, 2.05) is 6.07 Å². The van der Waals surface area contributed by atoms with Gasteiger partial charge in [0.05, 0.1) is 6.61 Å². The van der Waals surface area contributed by atoms with Gasteiger partial charge in [-0.15, -0.1) is 0 Å². The van der Waals surface area contributed by atoms with Crippen LogP contribution >= 0.6 is 11.6 Å². The van der Waals surface area contributed by atoms with Crippen LogP contribution in [0.3, 0.4) is 0 Å². The summed E-state index contributed by atoms with van der Waals surface area (Å²) >= 11 is 6.03. The molecule has 0 aromatic carbocycles. The SMILES string of the molecule is CCC(C)N1CCC(COc2ccncc2Cl)CC1. The van der Waals surface area contributed by atoms with Gasteiger partial charge < -0.3 is 9.64 Å². The Kier molecular flexibility index (Phi) is 5.46. The van der Waals surface area contributed by atoms with Gasteiger partial charge in [-0.2, -0.15) is 0 Å². The van der Waals surface area contributed by atoms with Crippen LogP contribution in [0.5, 0.6) is 5.75 Å². The number of nitrogens with zero attached hydrogens (tertiary/aromatic N) is 2. The summed E-state index contributed by atoms with van der Waals surface area (Å²) < 4.78 is 5.81. The van der Waals surface area contributed by atoms with E-state index in [9.17, 15) is 0 Å². The highest BCUT2D eigenvalue weighted by Gasteiger charge is 2.22. The van der Waals surface area contributed by atoms with Crippen molar-refractivity contribution < 1.29 is 4.74 Å². The maximum Gasteiger partial charge on any atom is 0.141 e. The van der Waals surface area contributed by atoms with Crippen LogP contribution in [0.2, 0.25) is 5.02 Å². The van der Waals surface area contributed by atoms with Gasteiger partial charge in [-0.05, 0) is 45.2 Å². The summed E-state index contributed by atoms with van der Waals surface area (Å²) in [5.74, 6) is 1.39. The van der Waals surface area contributed by atoms with Crippen molar-refractivity contribution in [2.75, 3.05) is 19.7 Å². The Hall–Kier alpha value is -0.800. The predicted octanol–water partition coefficient (Wildman–Crippen LogP) is 3.62. The van der Waals surface area contributed by atoms with Crippen LogP contribution in [-0.2, 0) is 0 Å². The van der Waals surface area contributed by atoms with Crippen LogP contribution in [0.4, 0.5) is 0 Å². The molecule has 2 rings (SSSR count). The second-order valence-corrected chi connectivity index (χ2v) is 5.76. The van der Waals surface area contributed by atoms with E-state index >= 15 is 0 Å². The van der Waals surface area contributed by atoms with Gasteiger partial charge in [-0.25, -0.2) is 0 Å². The first kappa shape index (κ1) is 14.6. The van der Waals surface area contributed by atoms with Crippen LogP contribution < -0.4 is 4.74 Å². The van der Waals surface area contributed by atoms with Gasteiger partial charge in [0.1, 0.15) is 10.8 Å². The summed E-state index contributed by atoms with van der Waals surface area (Å²) in [5.41, 5.74) is 0. The number of ether oxygens (including phenoxy) is 1. The van der Waals surface area contributed by atoms with Crippen LogP contribution in [0.1, 0.15) is 33.1 Å². The van der Waals surface area contributed by atoms with Crippen molar-refractivity contribution in [1.29, 1.82) is 0 Å². The average molecular weight is 283 g/mol. The Morgan fingerprint density at radius 2 is 2.21 bits per heavy atom.